The highest BCUT2D eigenvalue weighted by molar-refractivity contribution is 5.81. The minimum absolute atomic E-state index is 0.202. The molecular weight excluding hydrogens is 268 g/mol. The molecule has 1 rings (SSSR count). The lowest BCUT2D eigenvalue weighted by Crippen LogP contribution is -2.33. The van der Waals surface area contributed by atoms with Crippen LogP contribution in [0.25, 0.3) is 0 Å². The largest absolute Gasteiger partial charge is 0.481 e. The maximum atomic E-state index is 12.3. The quantitative estimate of drug-likeness (QED) is 0.588. The number of ether oxygens (including phenoxy) is 1. The Morgan fingerprint density at radius 3 is 2.33 bits per heavy atom. The molecule has 0 fully saturated rings. The van der Waals surface area contributed by atoms with Crippen molar-refractivity contribution in [1.82, 2.24) is 0 Å². The van der Waals surface area contributed by atoms with E-state index in [1.807, 2.05) is 44.2 Å². The highest BCUT2D eigenvalue weighted by atomic mass is 16.5. The normalized spacial score (nSPS) is 15.0. The van der Waals surface area contributed by atoms with Gasteiger partial charge >= 0.3 is 11.9 Å². The Morgan fingerprint density at radius 2 is 1.81 bits per heavy atom. The average molecular weight is 292 g/mol. The molecule has 0 saturated heterocycles. The van der Waals surface area contributed by atoms with E-state index in [1.54, 1.807) is 6.92 Å². The Morgan fingerprint density at radius 1 is 1.19 bits per heavy atom. The van der Waals surface area contributed by atoms with E-state index in [2.05, 4.69) is 0 Å². The number of aliphatic carboxylic acids is 1. The number of benzene rings is 1. The number of rotatable bonds is 8. The molecular formula is C17H24O4. The topological polar surface area (TPSA) is 63.6 Å². The van der Waals surface area contributed by atoms with Crippen LogP contribution >= 0.6 is 0 Å². The molecule has 0 bridgehead atoms. The van der Waals surface area contributed by atoms with Crippen molar-refractivity contribution >= 4 is 11.9 Å². The van der Waals surface area contributed by atoms with E-state index in [0.717, 1.165) is 18.4 Å². The summed E-state index contributed by atoms with van der Waals surface area (Å²) in [5.74, 6) is -3.06. The van der Waals surface area contributed by atoms with Crippen LogP contribution in [0.2, 0.25) is 0 Å². The first-order valence-electron chi connectivity index (χ1n) is 7.43. The molecule has 0 aliphatic heterocycles. The summed E-state index contributed by atoms with van der Waals surface area (Å²) in [6.45, 7) is 5.80. The standard InChI is InChI=1S/C17H24O4/c1-4-5-11-21-17(20)15(13(3)16(18)19)12(2)14-9-7-6-8-10-14/h6-10,12-13,15H,4-5,11H2,1-3H3,(H,18,19). The van der Waals surface area contributed by atoms with Crippen LogP contribution in [0, 0.1) is 11.8 Å². The zero-order valence-corrected chi connectivity index (χ0v) is 12.9. The average Bonchev–Trinajstić information content (AvgIpc) is 2.48. The van der Waals surface area contributed by atoms with Gasteiger partial charge in [-0.3, -0.25) is 9.59 Å². The van der Waals surface area contributed by atoms with Gasteiger partial charge < -0.3 is 9.84 Å². The molecule has 4 heteroatoms. The van der Waals surface area contributed by atoms with E-state index < -0.39 is 23.8 Å². The number of carboxylic acid groups (broad SMARTS) is 1. The lowest BCUT2D eigenvalue weighted by Gasteiger charge is -2.26. The van der Waals surface area contributed by atoms with Crippen molar-refractivity contribution in [1.29, 1.82) is 0 Å². The Kier molecular flexibility index (Phi) is 6.92. The molecule has 116 valence electrons. The first kappa shape index (κ1) is 17.2. The van der Waals surface area contributed by atoms with Crippen LogP contribution in [0.3, 0.4) is 0 Å². The van der Waals surface area contributed by atoms with Gasteiger partial charge in [0.1, 0.15) is 0 Å². The number of carbonyl (C=O) groups excluding carboxylic acids is 1. The molecule has 0 radical (unpaired) electrons. The van der Waals surface area contributed by atoms with E-state index in [1.165, 1.54) is 0 Å². The predicted molar refractivity (Wildman–Crippen MR) is 81.0 cm³/mol. The van der Waals surface area contributed by atoms with E-state index >= 15 is 0 Å². The van der Waals surface area contributed by atoms with Gasteiger partial charge in [-0.25, -0.2) is 0 Å². The summed E-state index contributed by atoms with van der Waals surface area (Å²) in [7, 11) is 0. The smallest absolute Gasteiger partial charge is 0.310 e. The van der Waals surface area contributed by atoms with E-state index in [4.69, 9.17) is 4.74 Å². The summed E-state index contributed by atoms with van der Waals surface area (Å²) in [6.07, 6.45) is 1.72. The SMILES string of the molecule is CCCCOC(=O)C(C(C)C(=O)O)C(C)c1ccccc1. The van der Waals surface area contributed by atoms with Gasteiger partial charge in [0.15, 0.2) is 0 Å². The maximum Gasteiger partial charge on any atom is 0.310 e. The Bertz CT molecular complexity index is 455. The third-order valence-electron chi connectivity index (χ3n) is 3.81. The first-order valence-corrected chi connectivity index (χ1v) is 7.43. The summed E-state index contributed by atoms with van der Waals surface area (Å²) >= 11 is 0. The van der Waals surface area contributed by atoms with Gasteiger partial charge in [-0.15, -0.1) is 0 Å². The van der Waals surface area contributed by atoms with Crippen molar-refractivity contribution in [3.8, 4) is 0 Å². The molecule has 0 aliphatic carbocycles. The molecule has 0 saturated carbocycles. The van der Waals surface area contributed by atoms with Crippen LogP contribution in [0.4, 0.5) is 0 Å². The molecule has 3 atom stereocenters. The first-order chi connectivity index (χ1) is 9.99. The zero-order valence-electron chi connectivity index (χ0n) is 12.9. The summed E-state index contributed by atoms with van der Waals surface area (Å²) in [6, 6.07) is 9.48. The number of hydrogen-bond donors (Lipinski definition) is 1. The predicted octanol–water partition coefficient (Wildman–Crippen LogP) is 3.47. The number of esters is 1. The van der Waals surface area contributed by atoms with Gasteiger partial charge in [-0.1, -0.05) is 57.5 Å². The fraction of sp³-hybridized carbons (Fsp3) is 0.529. The molecule has 3 unspecified atom stereocenters. The van der Waals surface area contributed by atoms with Crippen molar-refractivity contribution in [2.75, 3.05) is 6.61 Å². The molecule has 1 N–H and O–H groups in total. The molecule has 1 aromatic carbocycles. The fourth-order valence-electron chi connectivity index (χ4n) is 2.37. The second-order valence-corrected chi connectivity index (χ2v) is 5.37. The van der Waals surface area contributed by atoms with Gasteiger partial charge in [0.2, 0.25) is 0 Å². The van der Waals surface area contributed by atoms with Crippen molar-refractivity contribution in [3.63, 3.8) is 0 Å². The lowest BCUT2D eigenvalue weighted by atomic mass is 9.79. The maximum absolute atomic E-state index is 12.3. The van der Waals surface area contributed by atoms with Crippen LogP contribution in [-0.2, 0) is 14.3 Å². The van der Waals surface area contributed by atoms with E-state index in [-0.39, 0.29) is 5.92 Å². The Balaban J connectivity index is 2.91. The molecule has 0 amide bonds. The molecule has 0 heterocycles. The van der Waals surface area contributed by atoms with Crippen LogP contribution in [-0.4, -0.2) is 23.7 Å². The molecule has 0 aliphatic rings. The number of hydrogen-bond acceptors (Lipinski definition) is 3. The fourth-order valence-corrected chi connectivity index (χ4v) is 2.37. The van der Waals surface area contributed by atoms with Gasteiger partial charge in [-0.05, 0) is 17.9 Å². The second kappa shape index (κ2) is 8.45. The molecule has 0 aromatic heterocycles. The Labute approximate surface area is 126 Å². The number of carbonyl (C=O) groups is 2. The van der Waals surface area contributed by atoms with Gasteiger partial charge in [0, 0.05) is 0 Å². The second-order valence-electron chi connectivity index (χ2n) is 5.37. The van der Waals surface area contributed by atoms with Crippen LogP contribution in [0.15, 0.2) is 30.3 Å². The van der Waals surface area contributed by atoms with Gasteiger partial charge in [0.05, 0.1) is 18.4 Å². The van der Waals surface area contributed by atoms with E-state index in [9.17, 15) is 14.7 Å². The minimum atomic E-state index is -0.977. The van der Waals surface area contributed by atoms with Crippen molar-refractivity contribution in [3.05, 3.63) is 35.9 Å². The lowest BCUT2D eigenvalue weighted by molar-refractivity contribution is -0.158. The molecule has 0 spiro atoms. The summed E-state index contributed by atoms with van der Waals surface area (Å²) in [5, 5.41) is 9.26. The van der Waals surface area contributed by atoms with E-state index in [0.29, 0.717) is 6.61 Å². The van der Waals surface area contributed by atoms with Crippen molar-refractivity contribution in [2.24, 2.45) is 11.8 Å². The van der Waals surface area contributed by atoms with Crippen LogP contribution in [0.5, 0.6) is 0 Å². The number of carboxylic acids is 1. The minimum Gasteiger partial charge on any atom is -0.481 e. The number of unbranched alkanes of at least 4 members (excludes halogenated alkanes) is 1. The van der Waals surface area contributed by atoms with Crippen molar-refractivity contribution in [2.45, 2.75) is 39.5 Å². The van der Waals surface area contributed by atoms with Crippen LogP contribution in [0.1, 0.15) is 45.1 Å². The summed E-state index contributed by atoms with van der Waals surface area (Å²) in [5.41, 5.74) is 0.947. The molecule has 21 heavy (non-hydrogen) atoms. The summed E-state index contributed by atoms with van der Waals surface area (Å²) in [4.78, 5) is 23.6. The van der Waals surface area contributed by atoms with Gasteiger partial charge in [0.25, 0.3) is 0 Å². The van der Waals surface area contributed by atoms with Crippen LogP contribution < -0.4 is 0 Å². The van der Waals surface area contributed by atoms with Gasteiger partial charge in [-0.2, -0.15) is 0 Å². The summed E-state index contributed by atoms with van der Waals surface area (Å²) < 4.78 is 5.26. The Hall–Kier alpha value is -1.84. The van der Waals surface area contributed by atoms with Crippen molar-refractivity contribution < 1.29 is 19.4 Å². The molecule has 1 aromatic rings. The highest BCUT2D eigenvalue weighted by Gasteiger charge is 2.36. The molecule has 4 nitrogen and oxygen atoms in total. The highest BCUT2D eigenvalue weighted by Crippen LogP contribution is 2.31. The monoisotopic (exact) mass is 292 g/mol. The zero-order chi connectivity index (χ0) is 15.8. The third kappa shape index (κ3) is 4.88. The third-order valence-corrected chi connectivity index (χ3v) is 3.81.